The normalized spacial score (nSPS) is 39.1. The van der Waals surface area contributed by atoms with Crippen LogP contribution in [-0.2, 0) is 9.59 Å². The van der Waals surface area contributed by atoms with E-state index in [0.29, 0.717) is 23.8 Å². The average Bonchev–Trinajstić information content (AvgIpc) is 3.43. The van der Waals surface area contributed by atoms with Gasteiger partial charge in [0.05, 0.1) is 6.04 Å². The Morgan fingerprint density at radius 3 is 2.74 bits per heavy atom. The molecule has 3 saturated carbocycles. The maximum absolute atomic E-state index is 13.7. The second-order valence-electron chi connectivity index (χ2n) is 12.3. The van der Waals surface area contributed by atoms with Gasteiger partial charge in [0.1, 0.15) is 0 Å². The summed E-state index contributed by atoms with van der Waals surface area (Å²) >= 11 is 0. The number of aromatic amines is 1. The number of amides is 2. The van der Waals surface area contributed by atoms with Crippen molar-refractivity contribution in [2.45, 2.75) is 71.4 Å². The van der Waals surface area contributed by atoms with Crippen molar-refractivity contribution in [2.24, 2.45) is 34.5 Å². The maximum Gasteiger partial charge on any atom is 0.246 e. The van der Waals surface area contributed by atoms with Crippen molar-refractivity contribution in [3.05, 3.63) is 48.2 Å². The van der Waals surface area contributed by atoms with Gasteiger partial charge in [0, 0.05) is 41.5 Å². The fourth-order valence-corrected chi connectivity index (χ4v) is 9.01. The summed E-state index contributed by atoms with van der Waals surface area (Å²) in [6.07, 6.45) is 12.7. The predicted molar refractivity (Wildman–Crippen MR) is 138 cm³/mol. The lowest BCUT2D eigenvalue weighted by Gasteiger charge is -2.60. The molecule has 6 rings (SSSR count). The van der Waals surface area contributed by atoms with Crippen LogP contribution in [0.4, 0.5) is 0 Å². The third-order valence-electron chi connectivity index (χ3n) is 10.9. The van der Waals surface area contributed by atoms with Crippen molar-refractivity contribution in [1.82, 2.24) is 15.2 Å². The average molecular weight is 474 g/mol. The van der Waals surface area contributed by atoms with E-state index in [1.165, 1.54) is 11.8 Å². The van der Waals surface area contributed by atoms with Crippen LogP contribution in [0.25, 0.3) is 10.9 Å². The highest BCUT2D eigenvalue weighted by Gasteiger charge is 2.61. The first-order chi connectivity index (χ1) is 16.7. The van der Waals surface area contributed by atoms with Gasteiger partial charge in [-0.15, -0.1) is 0 Å². The first kappa shape index (κ1) is 22.9. The fraction of sp³-hybridized carbons (Fsp3) is 0.600. The number of para-hydroxylation sites is 1. The number of carbonyl (C=O) groups is 2. The molecular formula is C30H39N3O2. The quantitative estimate of drug-likeness (QED) is 0.609. The zero-order valence-electron chi connectivity index (χ0n) is 21.5. The minimum absolute atomic E-state index is 0.0209. The van der Waals surface area contributed by atoms with E-state index in [2.05, 4.69) is 55.3 Å². The first-order valence-electron chi connectivity index (χ1n) is 13.6. The molecule has 3 aliphatic carbocycles. The smallest absolute Gasteiger partial charge is 0.246 e. The van der Waals surface area contributed by atoms with Crippen molar-refractivity contribution < 1.29 is 9.59 Å². The highest BCUT2D eigenvalue weighted by atomic mass is 16.2. The number of rotatable bonds is 3. The van der Waals surface area contributed by atoms with Gasteiger partial charge in [-0.3, -0.25) is 9.59 Å². The molecule has 0 saturated heterocycles. The predicted octanol–water partition coefficient (Wildman–Crippen LogP) is 5.60. The van der Waals surface area contributed by atoms with Crippen LogP contribution >= 0.6 is 0 Å². The number of hydrogen-bond donors (Lipinski definition) is 2. The molecule has 3 fully saturated rings. The molecule has 0 spiro atoms. The van der Waals surface area contributed by atoms with Crippen LogP contribution < -0.4 is 5.32 Å². The molecule has 1 aromatic heterocycles. The Morgan fingerprint density at radius 2 is 1.91 bits per heavy atom. The summed E-state index contributed by atoms with van der Waals surface area (Å²) in [7, 11) is 1.98. The summed E-state index contributed by atoms with van der Waals surface area (Å²) in [5.41, 5.74) is 2.39. The van der Waals surface area contributed by atoms with Crippen molar-refractivity contribution in [3.8, 4) is 0 Å². The summed E-state index contributed by atoms with van der Waals surface area (Å²) in [4.78, 5) is 31.4. The lowest BCUT2D eigenvalue weighted by atomic mass is 9.47. The second-order valence-corrected chi connectivity index (χ2v) is 12.3. The Kier molecular flexibility index (Phi) is 5.21. The third-order valence-corrected chi connectivity index (χ3v) is 10.9. The van der Waals surface area contributed by atoms with Crippen LogP contribution in [0.1, 0.15) is 70.9 Å². The number of nitrogens with zero attached hydrogens (tertiary/aromatic N) is 1. The van der Waals surface area contributed by atoms with E-state index in [1.54, 1.807) is 0 Å². The van der Waals surface area contributed by atoms with Gasteiger partial charge in [0.25, 0.3) is 0 Å². The molecule has 5 nitrogen and oxygen atoms in total. The zero-order valence-corrected chi connectivity index (χ0v) is 21.5. The van der Waals surface area contributed by atoms with Crippen molar-refractivity contribution >= 4 is 22.7 Å². The third kappa shape index (κ3) is 3.26. The Morgan fingerprint density at radius 1 is 1.11 bits per heavy atom. The van der Waals surface area contributed by atoms with Crippen LogP contribution in [0.15, 0.2) is 42.6 Å². The minimum atomic E-state index is -0.0209. The molecule has 2 heterocycles. The molecule has 0 bridgehead atoms. The van der Waals surface area contributed by atoms with E-state index >= 15 is 0 Å². The van der Waals surface area contributed by atoms with Crippen LogP contribution in [0.3, 0.4) is 0 Å². The highest BCUT2D eigenvalue weighted by molar-refractivity contribution is 5.89. The maximum atomic E-state index is 13.7. The number of nitrogens with one attached hydrogen (secondary N) is 2. The molecular weight excluding hydrogens is 434 g/mol. The molecule has 5 heteroatoms. The van der Waals surface area contributed by atoms with Gasteiger partial charge in [0.15, 0.2) is 0 Å². The Labute approximate surface area is 208 Å². The summed E-state index contributed by atoms with van der Waals surface area (Å²) < 4.78 is 0. The zero-order chi connectivity index (χ0) is 24.5. The molecule has 2 amide bonds. The second kappa shape index (κ2) is 7.97. The molecule has 3 unspecified atom stereocenters. The lowest BCUT2D eigenvalue weighted by Crippen LogP contribution is -2.59. The topological polar surface area (TPSA) is 65.2 Å². The standard InChI is InChI=1S/C30H39N3O2/c1-18(21-17-31-25-8-6-5-7-19(21)25)32-28(35)24-11-10-22-20-9-12-26-30(3,16-14-27(34)33(26)4)23(20)13-15-29(22,24)2/h5-8,14,16-18,20,22-24,26,31H,9-13,15H2,1-4H3,(H,32,35)/t18?,20-,22-,23+,24?,26?,29-,30+/m0/s1. The molecule has 2 aromatic rings. The number of H-pyrrole nitrogens is 1. The Bertz CT molecular complexity index is 1200. The molecule has 186 valence electrons. The van der Waals surface area contributed by atoms with Gasteiger partial charge in [-0.1, -0.05) is 38.1 Å². The van der Waals surface area contributed by atoms with Crippen molar-refractivity contribution in [3.63, 3.8) is 0 Å². The number of likely N-dealkylation sites (N-methyl/N-ethyl adjacent to an activating group) is 1. The summed E-state index contributed by atoms with van der Waals surface area (Å²) in [6.45, 7) is 6.90. The van der Waals surface area contributed by atoms with E-state index in [1.807, 2.05) is 30.3 Å². The van der Waals surface area contributed by atoms with Gasteiger partial charge >= 0.3 is 0 Å². The highest BCUT2D eigenvalue weighted by Crippen LogP contribution is 2.65. The van der Waals surface area contributed by atoms with Gasteiger partial charge in [0.2, 0.25) is 11.8 Å². The molecule has 0 radical (unpaired) electrons. The van der Waals surface area contributed by atoms with E-state index in [4.69, 9.17) is 0 Å². The van der Waals surface area contributed by atoms with E-state index in [9.17, 15) is 9.59 Å². The van der Waals surface area contributed by atoms with Crippen LogP contribution in [0, 0.1) is 34.5 Å². The number of aromatic nitrogens is 1. The monoisotopic (exact) mass is 473 g/mol. The van der Waals surface area contributed by atoms with Gasteiger partial charge in [-0.05, 0) is 86.3 Å². The van der Waals surface area contributed by atoms with Gasteiger partial charge in [-0.2, -0.15) is 0 Å². The van der Waals surface area contributed by atoms with E-state index < -0.39 is 0 Å². The summed E-state index contributed by atoms with van der Waals surface area (Å²) in [5, 5.41) is 4.58. The Hall–Kier alpha value is -2.56. The molecule has 1 aromatic carbocycles. The largest absolute Gasteiger partial charge is 0.361 e. The number of fused-ring (bicyclic) bond motifs is 6. The van der Waals surface area contributed by atoms with Crippen molar-refractivity contribution in [1.29, 1.82) is 0 Å². The molecule has 2 N–H and O–H groups in total. The van der Waals surface area contributed by atoms with E-state index in [0.717, 1.165) is 43.2 Å². The van der Waals surface area contributed by atoms with Gasteiger partial charge < -0.3 is 15.2 Å². The van der Waals surface area contributed by atoms with Crippen LogP contribution in [0.2, 0.25) is 0 Å². The minimum Gasteiger partial charge on any atom is -0.361 e. The number of carbonyl (C=O) groups excluding carboxylic acids is 2. The SMILES string of the molecule is CC(NC(=O)C1CC[C@H]2[C@@H]3CCC4N(C)C(=O)C=C[C@]4(C)[C@@H]3CC[C@]12C)c1c[nH]c2ccccc12. The van der Waals surface area contributed by atoms with Gasteiger partial charge in [-0.25, -0.2) is 0 Å². The number of hydrogen-bond acceptors (Lipinski definition) is 2. The number of benzene rings is 1. The van der Waals surface area contributed by atoms with E-state index in [-0.39, 0.29) is 34.6 Å². The Balaban J connectivity index is 1.21. The first-order valence-corrected chi connectivity index (χ1v) is 13.6. The molecule has 1 aliphatic heterocycles. The lowest BCUT2D eigenvalue weighted by molar-refractivity contribution is -0.142. The summed E-state index contributed by atoms with van der Waals surface area (Å²) in [6, 6.07) is 8.59. The van der Waals surface area contributed by atoms with Crippen LogP contribution in [-0.4, -0.2) is 34.8 Å². The fourth-order valence-electron chi connectivity index (χ4n) is 9.01. The van der Waals surface area contributed by atoms with Crippen molar-refractivity contribution in [2.75, 3.05) is 7.05 Å². The molecule has 4 aliphatic rings. The molecule has 35 heavy (non-hydrogen) atoms. The molecule has 8 atom stereocenters. The van der Waals surface area contributed by atoms with Crippen LogP contribution in [0.5, 0.6) is 0 Å². The summed E-state index contributed by atoms with van der Waals surface area (Å²) in [5.74, 6) is 2.29.